The molecule has 0 unspecified atom stereocenters. The highest BCUT2D eigenvalue weighted by atomic mass is 32.2. The summed E-state index contributed by atoms with van der Waals surface area (Å²) >= 11 is 1.42. The third-order valence-corrected chi connectivity index (χ3v) is 4.67. The van der Waals surface area contributed by atoms with Crippen LogP contribution in [-0.4, -0.2) is 24.7 Å². The Morgan fingerprint density at radius 3 is 2.48 bits per heavy atom. The monoisotopic (exact) mass is 307 g/mol. The fourth-order valence-electron chi connectivity index (χ4n) is 2.44. The van der Waals surface area contributed by atoms with Gasteiger partial charge in [0.1, 0.15) is 0 Å². The number of carbonyl (C=O) groups is 2. The third kappa shape index (κ3) is 5.08. The van der Waals surface area contributed by atoms with E-state index in [1.54, 1.807) is 0 Å². The predicted molar refractivity (Wildman–Crippen MR) is 84.4 cm³/mol. The van der Waals surface area contributed by atoms with E-state index in [4.69, 9.17) is 0 Å². The van der Waals surface area contributed by atoms with Crippen molar-refractivity contribution in [3.8, 4) is 0 Å². The molecule has 1 aliphatic rings. The number of benzene rings is 1. The molecule has 2 rings (SSSR count). The quantitative estimate of drug-likeness (QED) is 0.668. The van der Waals surface area contributed by atoms with Crippen molar-refractivity contribution in [2.24, 2.45) is 5.92 Å². The van der Waals surface area contributed by atoms with Gasteiger partial charge in [-0.15, -0.1) is 11.8 Å². The molecule has 0 atom stereocenters. The number of thioether (sulfide) groups is 1. The van der Waals surface area contributed by atoms with Crippen molar-refractivity contribution < 1.29 is 14.3 Å². The third-order valence-electron chi connectivity index (χ3n) is 3.68. The van der Waals surface area contributed by atoms with Crippen LogP contribution in [0, 0.1) is 5.92 Å². The lowest BCUT2D eigenvalue weighted by atomic mass is 9.88. The zero-order valence-corrected chi connectivity index (χ0v) is 13.1. The lowest BCUT2D eigenvalue weighted by molar-refractivity contribution is -0.137. The van der Waals surface area contributed by atoms with Crippen molar-refractivity contribution in [3.05, 3.63) is 24.3 Å². The van der Waals surface area contributed by atoms with Crippen LogP contribution in [0.4, 0.5) is 5.69 Å². The zero-order valence-electron chi connectivity index (χ0n) is 12.3. The van der Waals surface area contributed by atoms with Gasteiger partial charge in [0.15, 0.2) is 0 Å². The summed E-state index contributed by atoms with van der Waals surface area (Å²) in [5.41, 5.74) is 0.813. The minimum absolute atomic E-state index is 0.129. The Morgan fingerprint density at radius 1 is 1.19 bits per heavy atom. The molecule has 0 radical (unpaired) electrons. The molecule has 1 saturated carbocycles. The van der Waals surface area contributed by atoms with Crippen LogP contribution in [0.1, 0.15) is 32.1 Å². The van der Waals surface area contributed by atoms with Crippen molar-refractivity contribution in [3.63, 3.8) is 0 Å². The summed E-state index contributed by atoms with van der Waals surface area (Å²) < 4.78 is 4.60. The highest BCUT2D eigenvalue weighted by Gasteiger charge is 2.20. The molecule has 0 aromatic heterocycles. The highest BCUT2D eigenvalue weighted by Crippen LogP contribution is 2.25. The predicted octanol–water partition coefficient (Wildman–Crippen LogP) is 3.47. The topological polar surface area (TPSA) is 55.4 Å². The van der Waals surface area contributed by atoms with E-state index < -0.39 is 0 Å². The standard InChI is InChI=1S/C16H21NO3S/c1-20-15(18)11-21-14-9-7-13(8-10-14)17-16(19)12-5-3-2-4-6-12/h7-10,12H,2-6,11H2,1H3,(H,17,19). The summed E-state index contributed by atoms with van der Waals surface area (Å²) in [6.07, 6.45) is 5.55. The number of rotatable bonds is 5. The Kier molecular flexibility index (Phi) is 6.11. The average Bonchev–Trinajstić information content (AvgIpc) is 2.54. The molecule has 5 heteroatoms. The van der Waals surface area contributed by atoms with E-state index >= 15 is 0 Å². The number of methoxy groups -OCH3 is 1. The second-order valence-corrected chi connectivity index (χ2v) is 6.26. The number of hydrogen-bond acceptors (Lipinski definition) is 4. The first-order valence-corrected chi connectivity index (χ1v) is 8.28. The molecule has 1 fully saturated rings. The summed E-state index contributed by atoms with van der Waals surface area (Å²) in [4.78, 5) is 24.2. The number of anilines is 1. The summed E-state index contributed by atoms with van der Waals surface area (Å²) in [6.45, 7) is 0. The van der Waals surface area contributed by atoms with E-state index in [1.165, 1.54) is 25.3 Å². The molecule has 1 aliphatic carbocycles. The Bertz CT molecular complexity index is 481. The first-order valence-electron chi connectivity index (χ1n) is 7.29. The van der Waals surface area contributed by atoms with E-state index in [0.29, 0.717) is 5.75 Å². The Balaban J connectivity index is 1.84. The molecule has 21 heavy (non-hydrogen) atoms. The Morgan fingerprint density at radius 2 is 1.86 bits per heavy atom. The van der Waals surface area contributed by atoms with E-state index in [2.05, 4.69) is 10.1 Å². The van der Waals surface area contributed by atoms with Gasteiger partial charge in [0.25, 0.3) is 0 Å². The second kappa shape index (κ2) is 8.08. The fraction of sp³-hybridized carbons (Fsp3) is 0.500. The molecule has 1 aromatic rings. The van der Waals surface area contributed by atoms with Crippen molar-refractivity contribution in [2.75, 3.05) is 18.2 Å². The van der Waals surface area contributed by atoms with Gasteiger partial charge in [-0.05, 0) is 37.1 Å². The second-order valence-electron chi connectivity index (χ2n) is 5.21. The number of hydrogen-bond donors (Lipinski definition) is 1. The first-order chi connectivity index (χ1) is 10.2. The molecule has 0 saturated heterocycles. The molecule has 1 amide bonds. The minimum atomic E-state index is -0.241. The number of amides is 1. The molecule has 0 spiro atoms. The van der Waals surface area contributed by atoms with Crippen LogP contribution < -0.4 is 5.32 Å². The SMILES string of the molecule is COC(=O)CSc1ccc(NC(=O)C2CCCCC2)cc1. The maximum absolute atomic E-state index is 12.1. The number of esters is 1. The molecule has 114 valence electrons. The molecular formula is C16H21NO3S. The van der Waals surface area contributed by atoms with Crippen LogP contribution in [0.15, 0.2) is 29.2 Å². The Labute approximate surface area is 129 Å². The Hall–Kier alpha value is -1.49. The van der Waals surface area contributed by atoms with Gasteiger partial charge in [0.05, 0.1) is 12.9 Å². The average molecular weight is 307 g/mol. The maximum Gasteiger partial charge on any atom is 0.315 e. The van der Waals surface area contributed by atoms with Crippen molar-refractivity contribution in [2.45, 2.75) is 37.0 Å². The van der Waals surface area contributed by atoms with Crippen LogP contribution in [0.3, 0.4) is 0 Å². The van der Waals surface area contributed by atoms with Gasteiger partial charge in [-0.3, -0.25) is 9.59 Å². The van der Waals surface area contributed by atoms with Gasteiger partial charge in [0, 0.05) is 16.5 Å². The van der Waals surface area contributed by atoms with Crippen LogP contribution in [0.25, 0.3) is 0 Å². The molecule has 0 bridgehead atoms. The highest BCUT2D eigenvalue weighted by molar-refractivity contribution is 8.00. The van der Waals surface area contributed by atoms with E-state index in [9.17, 15) is 9.59 Å². The summed E-state index contributed by atoms with van der Waals surface area (Å²) in [6, 6.07) is 7.56. The van der Waals surface area contributed by atoms with Crippen molar-refractivity contribution >= 4 is 29.3 Å². The molecule has 0 aliphatic heterocycles. The number of ether oxygens (including phenoxy) is 1. The van der Waals surface area contributed by atoms with Crippen molar-refractivity contribution in [1.29, 1.82) is 0 Å². The van der Waals surface area contributed by atoms with E-state index in [1.807, 2.05) is 24.3 Å². The van der Waals surface area contributed by atoms with E-state index in [0.717, 1.165) is 36.3 Å². The molecule has 1 N–H and O–H groups in total. The van der Waals surface area contributed by atoms with Gasteiger partial charge in [-0.2, -0.15) is 0 Å². The first kappa shape index (κ1) is 15.9. The van der Waals surface area contributed by atoms with Gasteiger partial charge in [-0.25, -0.2) is 0 Å². The van der Waals surface area contributed by atoms with Gasteiger partial charge in [0.2, 0.25) is 5.91 Å². The summed E-state index contributed by atoms with van der Waals surface area (Å²) in [7, 11) is 1.38. The van der Waals surface area contributed by atoms with Crippen LogP contribution in [0.5, 0.6) is 0 Å². The normalized spacial score (nSPS) is 15.5. The molecule has 0 heterocycles. The van der Waals surface area contributed by atoms with Gasteiger partial charge in [-0.1, -0.05) is 19.3 Å². The maximum atomic E-state index is 12.1. The number of carbonyl (C=O) groups excluding carboxylic acids is 2. The van der Waals surface area contributed by atoms with Crippen LogP contribution >= 0.6 is 11.8 Å². The molecular weight excluding hydrogens is 286 g/mol. The molecule has 1 aromatic carbocycles. The largest absolute Gasteiger partial charge is 0.468 e. The minimum Gasteiger partial charge on any atom is -0.468 e. The van der Waals surface area contributed by atoms with Crippen LogP contribution in [0.2, 0.25) is 0 Å². The molecule has 4 nitrogen and oxygen atoms in total. The zero-order chi connectivity index (χ0) is 15.1. The lowest BCUT2D eigenvalue weighted by Crippen LogP contribution is -2.24. The fourth-order valence-corrected chi connectivity index (χ4v) is 3.18. The van der Waals surface area contributed by atoms with Gasteiger partial charge < -0.3 is 10.1 Å². The summed E-state index contributed by atoms with van der Waals surface area (Å²) in [5.74, 6) is 0.344. The number of nitrogens with one attached hydrogen (secondary N) is 1. The van der Waals surface area contributed by atoms with Crippen LogP contribution in [-0.2, 0) is 14.3 Å². The summed E-state index contributed by atoms with van der Waals surface area (Å²) in [5, 5.41) is 2.98. The lowest BCUT2D eigenvalue weighted by Gasteiger charge is -2.20. The van der Waals surface area contributed by atoms with E-state index in [-0.39, 0.29) is 17.8 Å². The van der Waals surface area contributed by atoms with Crippen molar-refractivity contribution in [1.82, 2.24) is 0 Å². The smallest absolute Gasteiger partial charge is 0.315 e. The van der Waals surface area contributed by atoms with Gasteiger partial charge >= 0.3 is 5.97 Å².